The Morgan fingerprint density at radius 1 is 1.35 bits per heavy atom. The summed E-state index contributed by atoms with van der Waals surface area (Å²) in [4.78, 5) is 21.8. The SMILES string of the molecule is O=C(CCl)Cc1cc(C(O)C(=O)O)ccc1Cl. The van der Waals surface area contributed by atoms with Crippen molar-refractivity contribution in [1.29, 1.82) is 0 Å². The number of carboxylic acid groups (broad SMARTS) is 1. The average molecular weight is 277 g/mol. The molecular formula is C11H10Cl2O4. The number of hydrogen-bond acceptors (Lipinski definition) is 3. The van der Waals surface area contributed by atoms with Crippen LogP contribution in [0.15, 0.2) is 18.2 Å². The number of aliphatic hydroxyl groups is 1. The summed E-state index contributed by atoms with van der Waals surface area (Å²) in [7, 11) is 0. The molecule has 6 heteroatoms. The minimum Gasteiger partial charge on any atom is -0.479 e. The lowest BCUT2D eigenvalue weighted by Crippen LogP contribution is -2.11. The van der Waals surface area contributed by atoms with Crippen LogP contribution in [0.3, 0.4) is 0 Å². The van der Waals surface area contributed by atoms with E-state index in [2.05, 4.69) is 0 Å². The predicted octanol–water partition coefficient (Wildman–Crippen LogP) is 1.81. The van der Waals surface area contributed by atoms with E-state index in [9.17, 15) is 14.7 Å². The maximum atomic E-state index is 11.2. The van der Waals surface area contributed by atoms with Crippen molar-refractivity contribution in [3.8, 4) is 0 Å². The molecule has 0 fully saturated rings. The van der Waals surface area contributed by atoms with Crippen LogP contribution in [-0.4, -0.2) is 27.8 Å². The van der Waals surface area contributed by atoms with Gasteiger partial charge in [0.25, 0.3) is 0 Å². The molecule has 0 bridgehead atoms. The van der Waals surface area contributed by atoms with E-state index in [1.807, 2.05) is 0 Å². The number of carboxylic acids is 1. The van der Waals surface area contributed by atoms with Gasteiger partial charge in [-0.3, -0.25) is 4.79 Å². The van der Waals surface area contributed by atoms with Crippen molar-refractivity contribution in [2.24, 2.45) is 0 Å². The fourth-order valence-corrected chi connectivity index (χ4v) is 1.58. The standard InChI is InChI=1S/C11H10Cl2O4/c12-5-8(14)4-7-3-6(1-2-9(7)13)10(15)11(16)17/h1-3,10,15H,4-5H2,(H,16,17). The van der Waals surface area contributed by atoms with Crippen molar-refractivity contribution in [2.45, 2.75) is 12.5 Å². The van der Waals surface area contributed by atoms with Crippen molar-refractivity contribution < 1.29 is 19.8 Å². The Kier molecular flexibility index (Phi) is 4.93. The van der Waals surface area contributed by atoms with Crippen molar-refractivity contribution in [3.63, 3.8) is 0 Å². The van der Waals surface area contributed by atoms with Gasteiger partial charge in [0.15, 0.2) is 11.9 Å². The van der Waals surface area contributed by atoms with Crippen LogP contribution in [0.1, 0.15) is 17.2 Å². The van der Waals surface area contributed by atoms with E-state index in [4.69, 9.17) is 28.3 Å². The van der Waals surface area contributed by atoms with Gasteiger partial charge in [0.1, 0.15) is 0 Å². The van der Waals surface area contributed by atoms with Crippen LogP contribution in [0, 0.1) is 0 Å². The number of aliphatic hydroxyl groups excluding tert-OH is 1. The minimum atomic E-state index is -1.63. The summed E-state index contributed by atoms with van der Waals surface area (Å²) < 4.78 is 0. The molecule has 0 aromatic heterocycles. The monoisotopic (exact) mass is 276 g/mol. The fourth-order valence-electron chi connectivity index (χ4n) is 1.30. The van der Waals surface area contributed by atoms with E-state index >= 15 is 0 Å². The highest BCUT2D eigenvalue weighted by Crippen LogP contribution is 2.22. The lowest BCUT2D eigenvalue weighted by Gasteiger charge is -2.09. The van der Waals surface area contributed by atoms with Crippen LogP contribution in [0.4, 0.5) is 0 Å². The second-order valence-electron chi connectivity index (χ2n) is 3.44. The summed E-state index contributed by atoms with van der Waals surface area (Å²) in [6.07, 6.45) is -1.61. The van der Waals surface area contributed by atoms with Crippen molar-refractivity contribution in [1.82, 2.24) is 0 Å². The molecule has 0 aliphatic carbocycles. The third kappa shape index (κ3) is 3.70. The summed E-state index contributed by atoms with van der Waals surface area (Å²) in [5, 5.41) is 18.3. The maximum Gasteiger partial charge on any atom is 0.337 e. The number of rotatable bonds is 5. The Hall–Kier alpha value is -1.10. The summed E-state index contributed by atoms with van der Waals surface area (Å²) in [6.45, 7) is 0. The van der Waals surface area contributed by atoms with Gasteiger partial charge in [0.2, 0.25) is 0 Å². The van der Waals surface area contributed by atoms with Crippen LogP contribution in [0.25, 0.3) is 0 Å². The molecule has 4 nitrogen and oxygen atoms in total. The van der Waals surface area contributed by atoms with Crippen LogP contribution in [-0.2, 0) is 16.0 Å². The first kappa shape index (κ1) is 14.0. The number of carbonyl (C=O) groups excluding carboxylic acids is 1. The Bertz CT molecular complexity index is 445. The van der Waals surface area contributed by atoms with Gasteiger partial charge in [0, 0.05) is 11.4 Å². The van der Waals surface area contributed by atoms with Gasteiger partial charge in [-0.1, -0.05) is 23.7 Å². The third-order valence-electron chi connectivity index (χ3n) is 2.16. The molecule has 0 saturated heterocycles. The number of benzene rings is 1. The molecule has 2 N–H and O–H groups in total. The number of carbonyl (C=O) groups is 2. The largest absolute Gasteiger partial charge is 0.479 e. The maximum absolute atomic E-state index is 11.2. The molecule has 0 aliphatic heterocycles. The summed E-state index contributed by atoms with van der Waals surface area (Å²) in [5.41, 5.74) is 0.634. The molecule has 0 amide bonds. The zero-order valence-electron chi connectivity index (χ0n) is 8.69. The number of ketones is 1. The van der Waals surface area contributed by atoms with Gasteiger partial charge in [-0.2, -0.15) is 0 Å². The summed E-state index contributed by atoms with van der Waals surface area (Å²) >= 11 is 11.2. The lowest BCUT2D eigenvalue weighted by molar-refractivity contribution is -0.146. The topological polar surface area (TPSA) is 74.6 Å². The molecule has 0 radical (unpaired) electrons. The Morgan fingerprint density at radius 2 is 2.00 bits per heavy atom. The van der Waals surface area contributed by atoms with Gasteiger partial charge in [-0.05, 0) is 17.2 Å². The number of alkyl halides is 1. The van der Waals surface area contributed by atoms with Gasteiger partial charge >= 0.3 is 5.97 Å². The molecule has 92 valence electrons. The van der Waals surface area contributed by atoms with E-state index < -0.39 is 12.1 Å². The number of aliphatic carboxylic acids is 1. The van der Waals surface area contributed by atoms with Gasteiger partial charge < -0.3 is 10.2 Å². The minimum absolute atomic E-state index is 0.0164. The first-order chi connectivity index (χ1) is 7.95. The van der Waals surface area contributed by atoms with E-state index in [1.54, 1.807) is 0 Å². The number of halogens is 2. The average Bonchev–Trinajstić information content (AvgIpc) is 2.30. The molecule has 0 spiro atoms. The highest BCUT2D eigenvalue weighted by Gasteiger charge is 2.17. The molecule has 1 rings (SSSR count). The zero-order valence-corrected chi connectivity index (χ0v) is 10.2. The first-order valence-corrected chi connectivity index (χ1v) is 5.63. The first-order valence-electron chi connectivity index (χ1n) is 4.72. The molecule has 17 heavy (non-hydrogen) atoms. The summed E-state index contributed by atoms with van der Waals surface area (Å²) in [6, 6.07) is 4.24. The third-order valence-corrected chi connectivity index (χ3v) is 2.82. The normalized spacial score (nSPS) is 12.2. The lowest BCUT2D eigenvalue weighted by atomic mass is 10.0. The fraction of sp³-hybridized carbons (Fsp3) is 0.273. The van der Waals surface area contributed by atoms with Crippen molar-refractivity contribution in [2.75, 3.05) is 5.88 Å². The highest BCUT2D eigenvalue weighted by atomic mass is 35.5. The molecule has 0 saturated carbocycles. The highest BCUT2D eigenvalue weighted by molar-refractivity contribution is 6.32. The molecule has 1 aromatic rings. The smallest absolute Gasteiger partial charge is 0.337 e. The Balaban J connectivity index is 3.02. The van der Waals surface area contributed by atoms with Crippen LogP contribution in [0.5, 0.6) is 0 Å². The molecule has 0 heterocycles. The molecular weight excluding hydrogens is 267 g/mol. The second kappa shape index (κ2) is 6.00. The van der Waals surface area contributed by atoms with Crippen LogP contribution >= 0.6 is 23.2 Å². The number of hydrogen-bond donors (Lipinski definition) is 2. The molecule has 1 unspecified atom stereocenters. The molecule has 1 aromatic carbocycles. The molecule has 0 aliphatic rings. The van der Waals surface area contributed by atoms with Gasteiger partial charge in [0.05, 0.1) is 5.88 Å². The number of Topliss-reactive ketones (excluding diaryl/α,β-unsaturated/α-hetero) is 1. The van der Waals surface area contributed by atoms with E-state index in [0.717, 1.165) is 0 Å². The van der Waals surface area contributed by atoms with Gasteiger partial charge in [-0.25, -0.2) is 4.79 Å². The van der Waals surface area contributed by atoms with E-state index in [-0.39, 0.29) is 23.6 Å². The van der Waals surface area contributed by atoms with Crippen LogP contribution < -0.4 is 0 Å². The van der Waals surface area contributed by atoms with Crippen molar-refractivity contribution >= 4 is 35.0 Å². The van der Waals surface area contributed by atoms with Gasteiger partial charge in [-0.15, -0.1) is 11.6 Å². The van der Waals surface area contributed by atoms with E-state index in [1.165, 1.54) is 18.2 Å². The Morgan fingerprint density at radius 3 is 2.53 bits per heavy atom. The second-order valence-corrected chi connectivity index (χ2v) is 4.12. The van der Waals surface area contributed by atoms with Crippen LogP contribution in [0.2, 0.25) is 5.02 Å². The molecule has 1 atom stereocenters. The van der Waals surface area contributed by atoms with E-state index in [0.29, 0.717) is 10.6 Å². The quantitative estimate of drug-likeness (QED) is 0.805. The predicted molar refractivity (Wildman–Crippen MR) is 63.5 cm³/mol. The summed E-state index contributed by atoms with van der Waals surface area (Å²) in [5.74, 6) is -1.72. The Labute approximate surface area is 108 Å². The zero-order chi connectivity index (χ0) is 13.0. The van der Waals surface area contributed by atoms with Crippen molar-refractivity contribution in [3.05, 3.63) is 34.3 Å².